The lowest BCUT2D eigenvalue weighted by Gasteiger charge is -2.34. The summed E-state index contributed by atoms with van der Waals surface area (Å²) in [6.45, 7) is 1.79. The molecule has 6 nitrogen and oxygen atoms in total. The Labute approximate surface area is 179 Å². The molecule has 31 heavy (non-hydrogen) atoms. The topological polar surface area (TPSA) is 87.7 Å². The Bertz CT molecular complexity index is 1140. The van der Waals surface area contributed by atoms with Gasteiger partial charge in [-0.2, -0.15) is 0 Å². The van der Waals surface area contributed by atoms with Gasteiger partial charge in [0.15, 0.2) is 17.3 Å². The summed E-state index contributed by atoms with van der Waals surface area (Å²) in [5, 5.41) is 16.0. The molecule has 2 aromatic carbocycles. The van der Waals surface area contributed by atoms with Crippen LogP contribution < -0.4 is 15.4 Å². The number of phenols is 1. The molecule has 1 aliphatic heterocycles. The van der Waals surface area contributed by atoms with Gasteiger partial charge in [-0.05, 0) is 55.7 Å². The number of phenolic OH excluding ortho intramolecular Hbond substituents is 1. The van der Waals surface area contributed by atoms with Gasteiger partial charge in [0.25, 0.3) is 5.91 Å². The summed E-state index contributed by atoms with van der Waals surface area (Å²) >= 11 is 0. The minimum atomic E-state index is -0.632. The third kappa shape index (κ3) is 3.91. The molecule has 1 atom stereocenters. The van der Waals surface area contributed by atoms with Gasteiger partial charge in [-0.25, -0.2) is 4.39 Å². The van der Waals surface area contributed by atoms with Crippen molar-refractivity contribution in [2.75, 3.05) is 12.4 Å². The van der Waals surface area contributed by atoms with E-state index in [0.29, 0.717) is 40.9 Å². The molecule has 0 fully saturated rings. The van der Waals surface area contributed by atoms with E-state index in [-0.39, 0.29) is 17.3 Å². The summed E-state index contributed by atoms with van der Waals surface area (Å²) in [5.74, 6) is -1.32. The zero-order valence-corrected chi connectivity index (χ0v) is 17.3. The highest BCUT2D eigenvalue weighted by atomic mass is 19.1. The number of Topliss-reactive ketones (excluding diaryl/α,β-unsaturated/α-hetero) is 1. The molecule has 4 rings (SSSR count). The van der Waals surface area contributed by atoms with Gasteiger partial charge in [-0.1, -0.05) is 12.1 Å². The normalized spacial score (nSPS) is 18.4. The quantitative estimate of drug-likeness (QED) is 0.689. The summed E-state index contributed by atoms with van der Waals surface area (Å²) in [7, 11) is 1.44. The van der Waals surface area contributed by atoms with E-state index < -0.39 is 17.6 Å². The number of dihydropyridines is 1. The first kappa shape index (κ1) is 20.7. The SMILES string of the molecule is COc1cc(C2C(C(=O)Nc3cccc(F)c3)=C(C)NC3=C2C(=O)CCC3)ccc1O. The number of carbonyl (C=O) groups excluding carboxylic acids is 2. The molecule has 1 heterocycles. The van der Waals surface area contributed by atoms with Crippen molar-refractivity contribution in [3.05, 3.63) is 76.4 Å². The third-order valence-electron chi connectivity index (χ3n) is 5.64. The zero-order chi connectivity index (χ0) is 22.1. The fourth-order valence-corrected chi connectivity index (χ4v) is 4.26. The first-order valence-corrected chi connectivity index (χ1v) is 10.1. The Balaban J connectivity index is 1.81. The Kier molecular flexibility index (Phi) is 5.50. The van der Waals surface area contributed by atoms with Crippen LogP contribution in [0, 0.1) is 5.82 Å². The number of nitrogens with one attached hydrogen (secondary N) is 2. The molecule has 2 aliphatic rings. The van der Waals surface area contributed by atoms with Gasteiger partial charge in [0.2, 0.25) is 0 Å². The first-order chi connectivity index (χ1) is 14.9. The van der Waals surface area contributed by atoms with E-state index in [1.54, 1.807) is 25.1 Å². The van der Waals surface area contributed by atoms with Crippen LogP contribution in [-0.2, 0) is 9.59 Å². The van der Waals surface area contributed by atoms with E-state index in [2.05, 4.69) is 10.6 Å². The lowest BCUT2D eigenvalue weighted by atomic mass is 9.75. The highest BCUT2D eigenvalue weighted by Gasteiger charge is 2.38. The average Bonchev–Trinajstić information content (AvgIpc) is 2.73. The fourth-order valence-electron chi connectivity index (χ4n) is 4.26. The van der Waals surface area contributed by atoms with Crippen molar-refractivity contribution in [2.45, 2.75) is 32.1 Å². The monoisotopic (exact) mass is 422 g/mol. The second kappa shape index (κ2) is 8.26. The number of carbonyl (C=O) groups is 2. The van der Waals surface area contributed by atoms with Crippen molar-refractivity contribution in [3.8, 4) is 11.5 Å². The van der Waals surface area contributed by atoms with Crippen molar-refractivity contribution < 1.29 is 23.8 Å². The van der Waals surface area contributed by atoms with Crippen molar-refractivity contribution in [2.24, 2.45) is 0 Å². The van der Waals surface area contributed by atoms with Gasteiger partial charge in [0, 0.05) is 40.6 Å². The van der Waals surface area contributed by atoms with Crippen molar-refractivity contribution >= 4 is 17.4 Å². The van der Waals surface area contributed by atoms with Crippen molar-refractivity contribution in [1.29, 1.82) is 0 Å². The summed E-state index contributed by atoms with van der Waals surface area (Å²) in [6.07, 6.45) is 1.86. The molecular weight excluding hydrogens is 399 g/mol. The predicted octanol–water partition coefficient (Wildman–Crippen LogP) is 4.15. The molecule has 0 bridgehead atoms. The maximum Gasteiger partial charge on any atom is 0.254 e. The summed E-state index contributed by atoms with van der Waals surface area (Å²) < 4.78 is 18.9. The van der Waals surface area contributed by atoms with Crippen molar-refractivity contribution in [1.82, 2.24) is 5.32 Å². The number of hydrogen-bond acceptors (Lipinski definition) is 5. The molecule has 3 N–H and O–H groups in total. The zero-order valence-electron chi connectivity index (χ0n) is 17.3. The van der Waals surface area contributed by atoms with Crippen LogP contribution in [-0.4, -0.2) is 23.9 Å². The molecule has 1 aliphatic carbocycles. The molecule has 0 saturated heterocycles. The van der Waals surface area contributed by atoms with Gasteiger partial charge >= 0.3 is 0 Å². The summed E-state index contributed by atoms with van der Waals surface area (Å²) in [4.78, 5) is 26.3. The Hall–Kier alpha value is -3.61. The number of methoxy groups -OCH3 is 1. The lowest BCUT2D eigenvalue weighted by Crippen LogP contribution is -2.35. The van der Waals surface area contributed by atoms with E-state index in [0.717, 1.165) is 12.1 Å². The molecule has 0 aromatic heterocycles. The Morgan fingerprint density at radius 2 is 2.03 bits per heavy atom. The van der Waals surface area contributed by atoms with Gasteiger partial charge in [-0.3, -0.25) is 9.59 Å². The molecular formula is C24H23FN2O4. The summed E-state index contributed by atoms with van der Waals surface area (Å²) in [5.41, 5.74) is 3.33. The number of allylic oxidation sites excluding steroid dienone is 3. The molecule has 0 radical (unpaired) electrons. The average molecular weight is 422 g/mol. The maximum absolute atomic E-state index is 13.6. The molecule has 0 spiro atoms. The molecule has 7 heteroatoms. The fraction of sp³-hybridized carbons (Fsp3) is 0.250. The van der Waals surface area contributed by atoms with Crippen molar-refractivity contribution in [3.63, 3.8) is 0 Å². The molecule has 160 valence electrons. The van der Waals surface area contributed by atoms with Crippen LogP contribution in [0.2, 0.25) is 0 Å². The number of benzene rings is 2. The number of amides is 1. The number of halogens is 1. The minimum Gasteiger partial charge on any atom is -0.504 e. The van der Waals surface area contributed by atoms with E-state index >= 15 is 0 Å². The highest BCUT2D eigenvalue weighted by molar-refractivity contribution is 6.09. The number of aromatic hydroxyl groups is 1. The highest BCUT2D eigenvalue weighted by Crippen LogP contribution is 2.44. The van der Waals surface area contributed by atoms with E-state index in [1.165, 1.54) is 31.4 Å². The van der Waals surface area contributed by atoms with Crippen LogP contribution in [0.4, 0.5) is 10.1 Å². The van der Waals surface area contributed by atoms with Crippen LogP contribution in [0.5, 0.6) is 11.5 Å². The summed E-state index contributed by atoms with van der Waals surface area (Å²) in [6, 6.07) is 10.5. The second-order valence-corrected chi connectivity index (χ2v) is 7.66. The third-order valence-corrected chi connectivity index (χ3v) is 5.64. The van der Waals surface area contributed by atoms with Crippen LogP contribution >= 0.6 is 0 Å². The Morgan fingerprint density at radius 3 is 2.77 bits per heavy atom. The first-order valence-electron chi connectivity index (χ1n) is 10.1. The molecule has 0 saturated carbocycles. The molecule has 1 amide bonds. The largest absolute Gasteiger partial charge is 0.504 e. The van der Waals surface area contributed by atoms with Crippen LogP contribution in [0.1, 0.15) is 37.7 Å². The minimum absolute atomic E-state index is 0.0191. The standard InChI is InChI=1S/C24H23FN2O4/c1-13-21(24(30)27-16-6-3-5-15(25)12-16)22(14-9-10-18(28)20(11-14)31-2)23-17(26-13)7-4-8-19(23)29/h3,5-6,9-12,22,26,28H,4,7-8H2,1-2H3,(H,27,30). The van der Waals surface area contributed by atoms with Crippen LogP contribution in [0.3, 0.4) is 0 Å². The number of hydrogen-bond donors (Lipinski definition) is 3. The molecule has 2 aromatic rings. The number of anilines is 1. The second-order valence-electron chi connectivity index (χ2n) is 7.66. The number of rotatable bonds is 4. The van der Waals surface area contributed by atoms with Crippen LogP contribution in [0.25, 0.3) is 0 Å². The van der Waals surface area contributed by atoms with Crippen LogP contribution in [0.15, 0.2) is 65.0 Å². The van der Waals surface area contributed by atoms with Gasteiger partial charge in [0.1, 0.15) is 5.82 Å². The lowest BCUT2D eigenvalue weighted by molar-refractivity contribution is -0.116. The van der Waals surface area contributed by atoms with E-state index in [9.17, 15) is 19.1 Å². The maximum atomic E-state index is 13.6. The van der Waals surface area contributed by atoms with Gasteiger partial charge < -0.3 is 20.5 Å². The van der Waals surface area contributed by atoms with E-state index in [4.69, 9.17) is 4.74 Å². The van der Waals surface area contributed by atoms with Gasteiger partial charge in [-0.15, -0.1) is 0 Å². The molecule has 1 unspecified atom stereocenters. The number of ketones is 1. The smallest absolute Gasteiger partial charge is 0.254 e. The Morgan fingerprint density at radius 1 is 1.23 bits per heavy atom. The van der Waals surface area contributed by atoms with Gasteiger partial charge in [0.05, 0.1) is 7.11 Å². The van der Waals surface area contributed by atoms with E-state index in [1.807, 2.05) is 0 Å². The predicted molar refractivity (Wildman–Crippen MR) is 114 cm³/mol. The number of ether oxygens (including phenoxy) is 1.